The summed E-state index contributed by atoms with van der Waals surface area (Å²) >= 11 is 0. The molecule has 0 saturated carbocycles. The molecular formula is C15H21NO4. The van der Waals surface area contributed by atoms with Gasteiger partial charge in [0, 0.05) is 13.0 Å². The quantitative estimate of drug-likeness (QED) is 0.799. The van der Waals surface area contributed by atoms with E-state index in [1.165, 1.54) is 0 Å². The van der Waals surface area contributed by atoms with E-state index in [4.69, 9.17) is 9.84 Å². The second-order valence-corrected chi connectivity index (χ2v) is 5.06. The number of aliphatic carboxylic acids is 1. The van der Waals surface area contributed by atoms with Crippen molar-refractivity contribution in [2.24, 2.45) is 5.92 Å². The van der Waals surface area contributed by atoms with E-state index < -0.39 is 5.97 Å². The molecular weight excluding hydrogens is 258 g/mol. The fourth-order valence-corrected chi connectivity index (χ4v) is 1.81. The lowest BCUT2D eigenvalue weighted by Gasteiger charge is -2.12. The van der Waals surface area contributed by atoms with Crippen LogP contribution in [0.2, 0.25) is 0 Å². The average molecular weight is 279 g/mol. The minimum Gasteiger partial charge on any atom is -0.484 e. The Balaban J connectivity index is 2.34. The number of nitrogens with one attached hydrogen (secondary N) is 1. The minimum atomic E-state index is -0.863. The van der Waals surface area contributed by atoms with Gasteiger partial charge in [0.25, 0.3) is 5.91 Å². The Labute approximate surface area is 118 Å². The number of amides is 1. The van der Waals surface area contributed by atoms with Gasteiger partial charge in [-0.25, -0.2) is 0 Å². The summed E-state index contributed by atoms with van der Waals surface area (Å²) in [6, 6.07) is 5.75. The van der Waals surface area contributed by atoms with E-state index >= 15 is 0 Å². The number of carbonyl (C=O) groups is 2. The number of carbonyl (C=O) groups excluding carboxylic acids is 1. The van der Waals surface area contributed by atoms with E-state index in [1.807, 2.05) is 32.0 Å². The molecule has 2 N–H and O–H groups in total. The fraction of sp³-hybridized carbons (Fsp3) is 0.467. The standard InChI is InChI=1S/C15H21NO4/c1-10-4-5-13(12(3)6-10)20-9-14(17)16-8-11(2)7-15(18)19/h4-6,11H,7-9H2,1-3H3,(H,16,17)(H,18,19). The van der Waals surface area contributed by atoms with Crippen LogP contribution in [0.4, 0.5) is 0 Å². The van der Waals surface area contributed by atoms with Crippen LogP contribution in [0.5, 0.6) is 5.75 Å². The van der Waals surface area contributed by atoms with Crippen molar-refractivity contribution in [1.29, 1.82) is 0 Å². The van der Waals surface area contributed by atoms with Gasteiger partial charge < -0.3 is 15.2 Å². The van der Waals surface area contributed by atoms with Crippen molar-refractivity contribution in [1.82, 2.24) is 5.32 Å². The Kier molecular flexibility index (Phi) is 6.03. The van der Waals surface area contributed by atoms with Crippen LogP contribution < -0.4 is 10.1 Å². The van der Waals surface area contributed by atoms with Crippen LogP contribution in [0, 0.1) is 19.8 Å². The number of aryl methyl sites for hydroxylation is 2. The number of hydrogen-bond donors (Lipinski definition) is 2. The molecule has 0 spiro atoms. The third-order valence-corrected chi connectivity index (χ3v) is 2.86. The summed E-state index contributed by atoms with van der Waals surface area (Å²) in [7, 11) is 0. The molecule has 5 heteroatoms. The van der Waals surface area contributed by atoms with E-state index in [0.29, 0.717) is 12.3 Å². The molecule has 1 aromatic rings. The second-order valence-electron chi connectivity index (χ2n) is 5.06. The van der Waals surface area contributed by atoms with Crippen molar-refractivity contribution in [3.8, 4) is 5.75 Å². The highest BCUT2D eigenvalue weighted by Gasteiger charge is 2.10. The van der Waals surface area contributed by atoms with Gasteiger partial charge >= 0.3 is 5.97 Å². The number of carboxylic acid groups (broad SMARTS) is 1. The van der Waals surface area contributed by atoms with Gasteiger partial charge in [-0.2, -0.15) is 0 Å². The SMILES string of the molecule is Cc1ccc(OCC(=O)NCC(C)CC(=O)O)c(C)c1. The average Bonchev–Trinajstić information content (AvgIpc) is 2.34. The third-order valence-electron chi connectivity index (χ3n) is 2.86. The Morgan fingerprint density at radius 2 is 2.05 bits per heavy atom. The monoisotopic (exact) mass is 279 g/mol. The van der Waals surface area contributed by atoms with Crippen LogP contribution in [-0.2, 0) is 9.59 Å². The summed E-state index contributed by atoms with van der Waals surface area (Å²) in [4.78, 5) is 22.1. The topological polar surface area (TPSA) is 75.6 Å². The van der Waals surface area contributed by atoms with Gasteiger partial charge in [0.15, 0.2) is 6.61 Å². The van der Waals surface area contributed by atoms with E-state index in [2.05, 4.69) is 5.32 Å². The summed E-state index contributed by atoms with van der Waals surface area (Å²) in [6.45, 7) is 5.97. The second kappa shape index (κ2) is 7.53. The highest BCUT2D eigenvalue weighted by atomic mass is 16.5. The largest absolute Gasteiger partial charge is 0.484 e. The molecule has 5 nitrogen and oxygen atoms in total. The molecule has 0 radical (unpaired) electrons. The molecule has 0 fully saturated rings. The van der Waals surface area contributed by atoms with Gasteiger partial charge in [-0.1, -0.05) is 24.6 Å². The van der Waals surface area contributed by atoms with Crippen molar-refractivity contribution >= 4 is 11.9 Å². The smallest absolute Gasteiger partial charge is 0.303 e. The number of benzene rings is 1. The van der Waals surface area contributed by atoms with E-state index in [0.717, 1.165) is 11.1 Å². The van der Waals surface area contributed by atoms with Gasteiger partial charge in [0.05, 0.1) is 0 Å². The Bertz CT molecular complexity index is 485. The molecule has 20 heavy (non-hydrogen) atoms. The molecule has 0 aliphatic carbocycles. The molecule has 1 aromatic carbocycles. The highest BCUT2D eigenvalue weighted by molar-refractivity contribution is 5.77. The zero-order valence-corrected chi connectivity index (χ0v) is 12.1. The summed E-state index contributed by atoms with van der Waals surface area (Å²) < 4.78 is 5.44. The molecule has 1 atom stereocenters. The Morgan fingerprint density at radius 1 is 1.35 bits per heavy atom. The first-order valence-electron chi connectivity index (χ1n) is 6.57. The Morgan fingerprint density at radius 3 is 2.65 bits per heavy atom. The molecule has 1 amide bonds. The van der Waals surface area contributed by atoms with Crippen molar-refractivity contribution in [3.05, 3.63) is 29.3 Å². The van der Waals surface area contributed by atoms with Crippen molar-refractivity contribution in [2.75, 3.05) is 13.2 Å². The maximum Gasteiger partial charge on any atom is 0.303 e. The van der Waals surface area contributed by atoms with Crippen LogP contribution in [-0.4, -0.2) is 30.1 Å². The molecule has 0 aliphatic heterocycles. The highest BCUT2D eigenvalue weighted by Crippen LogP contribution is 2.18. The van der Waals surface area contributed by atoms with Crippen LogP contribution >= 0.6 is 0 Å². The summed E-state index contributed by atoms with van der Waals surface area (Å²) in [5, 5.41) is 11.3. The predicted molar refractivity (Wildman–Crippen MR) is 75.8 cm³/mol. The van der Waals surface area contributed by atoms with E-state index in [-0.39, 0.29) is 24.9 Å². The number of carboxylic acids is 1. The molecule has 0 aromatic heterocycles. The molecule has 0 bridgehead atoms. The lowest BCUT2D eigenvalue weighted by Crippen LogP contribution is -2.33. The molecule has 0 saturated heterocycles. The summed E-state index contributed by atoms with van der Waals surface area (Å²) in [5.41, 5.74) is 2.12. The molecule has 0 heterocycles. The van der Waals surface area contributed by atoms with Gasteiger partial charge in [0.2, 0.25) is 0 Å². The fourth-order valence-electron chi connectivity index (χ4n) is 1.81. The van der Waals surface area contributed by atoms with Crippen molar-refractivity contribution in [2.45, 2.75) is 27.2 Å². The number of rotatable bonds is 7. The molecule has 1 rings (SSSR count). The lowest BCUT2D eigenvalue weighted by molar-refractivity contribution is -0.138. The third kappa shape index (κ3) is 5.73. The zero-order chi connectivity index (χ0) is 15.1. The van der Waals surface area contributed by atoms with Crippen molar-refractivity contribution < 1.29 is 19.4 Å². The van der Waals surface area contributed by atoms with Crippen LogP contribution in [0.1, 0.15) is 24.5 Å². The molecule has 110 valence electrons. The first-order valence-corrected chi connectivity index (χ1v) is 6.57. The van der Waals surface area contributed by atoms with E-state index in [1.54, 1.807) is 6.92 Å². The summed E-state index contributed by atoms with van der Waals surface area (Å²) in [5.74, 6) is -0.526. The first-order chi connectivity index (χ1) is 9.38. The lowest BCUT2D eigenvalue weighted by atomic mass is 10.1. The number of ether oxygens (including phenoxy) is 1. The molecule has 0 aliphatic rings. The van der Waals surface area contributed by atoms with Gasteiger partial charge in [-0.3, -0.25) is 9.59 Å². The van der Waals surface area contributed by atoms with E-state index in [9.17, 15) is 9.59 Å². The van der Waals surface area contributed by atoms with Gasteiger partial charge in [-0.15, -0.1) is 0 Å². The zero-order valence-electron chi connectivity index (χ0n) is 12.1. The Hall–Kier alpha value is -2.04. The maximum absolute atomic E-state index is 11.6. The maximum atomic E-state index is 11.6. The van der Waals surface area contributed by atoms with Crippen molar-refractivity contribution in [3.63, 3.8) is 0 Å². The molecule has 1 unspecified atom stereocenters. The van der Waals surface area contributed by atoms with Crippen LogP contribution in [0.25, 0.3) is 0 Å². The van der Waals surface area contributed by atoms with Gasteiger partial charge in [0.1, 0.15) is 5.75 Å². The first kappa shape index (κ1) is 16.0. The number of hydrogen-bond acceptors (Lipinski definition) is 3. The van der Waals surface area contributed by atoms with Crippen LogP contribution in [0.15, 0.2) is 18.2 Å². The summed E-state index contributed by atoms with van der Waals surface area (Å²) in [6.07, 6.45) is 0.0399. The normalized spacial score (nSPS) is 11.8. The minimum absolute atomic E-state index is 0.0399. The van der Waals surface area contributed by atoms with Crippen LogP contribution in [0.3, 0.4) is 0 Å². The predicted octanol–water partition coefficient (Wildman–Crippen LogP) is 1.91. The van der Waals surface area contributed by atoms with Gasteiger partial charge in [-0.05, 0) is 31.4 Å².